The van der Waals surface area contributed by atoms with Crippen LogP contribution >= 0.6 is 0 Å². The van der Waals surface area contributed by atoms with Crippen molar-refractivity contribution in [1.29, 1.82) is 0 Å². The number of hydrogen-bond donors (Lipinski definition) is 1. The van der Waals surface area contributed by atoms with Gasteiger partial charge in [0.1, 0.15) is 17.3 Å². The number of carbonyl (C=O) groups excluding carboxylic acids is 2. The molecule has 34 heavy (non-hydrogen) atoms. The molecule has 1 aliphatic heterocycles. The van der Waals surface area contributed by atoms with Crippen molar-refractivity contribution in [2.24, 2.45) is 0 Å². The summed E-state index contributed by atoms with van der Waals surface area (Å²) in [6, 6.07) is 18.2. The SMILES string of the molecule is COc1ccc(Nc2ncccc2C(=O)N2CCN(C(C)=O)[C@H](c3ccccc3OC)C2)cc1. The van der Waals surface area contributed by atoms with E-state index in [2.05, 4.69) is 10.3 Å². The number of hydrogen-bond acceptors (Lipinski definition) is 6. The molecule has 1 fully saturated rings. The third kappa shape index (κ3) is 4.80. The average molecular weight is 461 g/mol. The van der Waals surface area contributed by atoms with E-state index in [1.54, 1.807) is 49.3 Å². The number of carbonyl (C=O) groups is 2. The van der Waals surface area contributed by atoms with Crippen molar-refractivity contribution in [1.82, 2.24) is 14.8 Å². The molecule has 3 aromatic rings. The van der Waals surface area contributed by atoms with Crippen LogP contribution in [0.15, 0.2) is 66.9 Å². The Labute approximate surface area is 199 Å². The molecule has 1 N–H and O–H groups in total. The predicted octanol–water partition coefficient (Wildman–Crippen LogP) is 3.89. The molecule has 0 radical (unpaired) electrons. The maximum absolute atomic E-state index is 13.6. The van der Waals surface area contributed by atoms with Gasteiger partial charge >= 0.3 is 0 Å². The van der Waals surface area contributed by atoms with E-state index in [9.17, 15) is 9.59 Å². The third-order valence-corrected chi connectivity index (χ3v) is 5.96. The summed E-state index contributed by atoms with van der Waals surface area (Å²) in [5, 5.41) is 3.23. The average Bonchev–Trinajstić information content (AvgIpc) is 2.88. The number of nitrogens with zero attached hydrogens (tertiary/aromatic N) is 3. The van der Waals surface area contributed by atoms with Crippen LogP contribution in [0.3, 0.4) is 0 Å². The van der Waals surface area contributed by atoms with Crippen LogP contribution in [0.2, 0.25) is 0 Å². The van der Waals surface area contributed by atoms with E-state index in [1.165, 1.54) is 0 Å². The summed E-state index contributed by atoms with van der Waals surface area (Å²) in [7, 11) is 3.22. The monoisotopic (exact) mass is 460 g/mol. The van der Waals surface area contributed by atoms with Crippen LogP contribution in [0.1, 0.15) is 28.9 Å². The van der Waals surface area contributed by atoms with E-state index in [1.807, 2.05) is 48.5 Å². The zero-order chi connectivity index (χ0) is 24.1. The minimum absolute atomic E-state index is 0.0359. The molecule has 4 rings (SSSR count). The molecule has 1 aliphatic rings. The summed E-state index contributed by atoms with van der Waals surface area (Å²) < 4.78 is 10.7. The van der Waals surface area contributed by atoms with Crippen LogP contribution < -0.4 is 14.8 Å². The van der Waals surface area contributed by atoms with Crippen molar-refractivity contribution in [2.75, 3.05) is 39.2 Å². The van der Waals surface area contributed by atoms with Gasteiger partial charge in [-0.05, 0) is 42.5 Å². The molecule has 1 aromatic heterocycles. The summed E-state index contributed by atoms with van der Waals surface area (Å²) in [6.07, 6.45) is 1.65. The van der Waals surface area contributed by atoms with Crippen molar-refractivity contribution in [3.8, 4) is 11.5 Å². The van der Waals surface area contributed by atoms with Crippen LogP contribution in [-0.4, -0.2) is 60.5 Å². The van der Waals surface area contributed by atoms with E-state index in [-0.39, 0.29) is 17.9 Å². The van der Waals surface area contributed by atoms with Gasteiger partial charge < -0.3 is 24.6 Å². The molecule has 2 heterocycles. The molecule has 2 aromatic carbocycles. The van der Waals surface area contributed by atoms with Gasteiger partial charge in [0.25, 0.3) is 5.91 Å². The summed E-state index contributed by atoms with van der Waals surface area (Å²) >= 11 is 0. The summed E-state index contributed by atoms with van der Waals surface area (Å²) in [5.74, 6) is 1.73. The van der Waals surface area contributed by atoms with Gasteiger partial charge in [0.2, 0.25) is 5.91 Å². The fourth-order valence-electron chi connectivity index (χ4n) is 4.21. The number of rotatable bonds is 6. The number of benzene rings is 2. The second kappa shape index (κ2) is 10.2. The molecular weight excluding hydrogens is 432 g/mol. The van der Waals surface area contributed by atoms with Crippen LogP contribution in [0.4, 0.5) is 11.5 Å². The van der Waals surface area contributed by atoms with E-state index in [4.69, 9.17) is 9.47 Å². The molecule has 1 atom stereocenters. The zero-order valence-corrected chi connectivity index (χ0v) is 19.5. The Hall–Kier alpha value is -4.07. The van der Waals surface area contributed by atoms with Crippen molar-refractivity contribution < 1.29 is 19.1 Å². The molecule has 0 unspecified atom stereocenters. The lowest BCUT2D eigenvalue weighted by molar-refractivity contribution is -0.133. The number of piperazine rings is 1. The number of aromatic nitrogens is 1. The highest BCUT2D eigenvalue weighted by Gasteiger charge is 2.34. The Morgan fingerprint density at radius 1 is 0.971 bits per heavy atom. The summed E-state index contributed by atoms with van der Waals surface area (Å²) in [4.78, 5) is 34.0. The third-order valence-electron chi connectivity index (χ3n) is 5.96. The van der Waals surface area contributed by atoms with Crippen LogP contribution in [0, 0.1) is 0 Å². The second-order valence-corrected chi connectivity index (χ2v) is 7.97. The van der Waals surface area contributed by atoms with E-state index >= 15 is 0 Å². The normalized spacial score (nSPS) is 15.6. The number of nitrogens with one attached hydrogen (secondary N) is 1. The van der Waals surface area contributed by atoms with Gasteiger partial charge in [-0.15, -0.1) is 0 Å². The second-order valence-electron chi connectivity index (χ2n) is 7.97. The topological polar surface area (TPSA) is 84.0 Å². The minimum Gasteiger partial charge on any atom is -0.497 e. The van der Waals surface area contributed by atoms with Crippen molar-refractivity contribution in [3.63, 3.8) is 0 Å². The predicted molar refractivity (Wildman–Crippen MR) is 130 cm³/mol. The first kappa shape index (κ1) is 23.1. The van der Waals surface area contributed by atoms with Crippen LogP contribution in [0.25, 0.3) is 0 Å². The first-order valence-electron chi connectivity index (χ1n) is 11.1. The number of ether oxygens (including phenoxy) is 2. The Balaban J connectivity index is 1.60. The van der Waals surface area contributed by atoms with Gasteiger partial charge in [-0.3, -0.25) is 9.59 Å². The molecule has 2 amide bonds. The van der Waals surface area contributed by atoms with Gasteiger partial charge in [0.15, 0.2) is 0 Å². The summed E-state index contributed by atoms with van der Waals surface area (Å²) in [5.41, 5.74) is 2.13. The van der Waals surface area contributed by atoms with Crippen molar-refractivity contribution >= 4 is 23.3 Å². The summed E-state index contributed by atoms with van der Waals surface area (Å²) in [6.45, 7) is 2.78. The molecular formula is C26H28N4O4. The van der Waals surface area contributed by atoms with E-state index < -0.39 is 0 Å². The number of para-hydroxylation sites is 1. The molecule has 0 bridgehead atoms. The standard InChI is InChI=1S/C26H28N4O4/c1-18(31)30-16-15-29(17-23(30)21-7-4-5-9-24(21)34-3)26(32)22-8-6-14-27-25(22)28-19-10-12-20(33-2)13-11-19/h4-14,23H,15-17H2,1-3H3,(H,27,28)/t23-/m0/s1. The zero-order valence-electron chi connectivity index (χ0n) is 19.5. The highest BCUT2D eigenvalue weighted by atomic mass is 16.5. The molecule has 0 aliphatic carbocycles. The first-order chi connectivity index (χ1) is 16.5. The number of anilines is 2. The van der Waals surface area contributed by atoms with Gasteiger partial charge in [-0.2, -0.15) is 0 Å². The Bertz CT molecular complexity index is 1170. The van der Waals surface area contributed by atoms with Gasteiger partial charge in [0.05, 0.1) is 25.8 Å². The van der Waals surface area contributed by atoms with Crippen LogP contribution in [-0.2, 0) is 4.79 Å². The molecule has 8 nitrogen and oxygen atoms in total. The smallest absolute Gasteiger partial charge is 0.257 e. The number of pyridine rings is 1. The van der Waals surface area contributed by atoms with Crippen LogP contribution in [0.5, 0.6) is 11.5 Å². The molecule has 176 valence electrons. The van der Waals surface area contributed by atoms with Crippen molar-refractivity contribution in [3.05, 3.63) is 78.0 Å². The fourth-order valence-corrected chi connectivity index (χ4v) is 4.21. The number of amides is 2. The Morgan fingerprint density at radius 2 is 1.74 bits per heavy atom. The Morgan fingerprint density at radius 3 is 2.44 bits per heavy atom. The lowest BCUT2D eigenvalue weighted by atomic mass is 10.0. The molecule has 8 heteroatoms. The lowest BCUT2D eigenvalue weighted by Gasteiger charge is -2.41. The minimum atomic E-state index is -0.305. The Kier molecular flexibility index (Phi) is 6.96. The highest BCUT2D eigenvalue weighted by Crippen LogP contribution is 2.33. The van der Waals surface area contributed by atoms with Gasteiger partial charge in [0, 0.05) is 44.0 Å². The lowest BCUT2D eigenvalue weighted by Crippen LogP contribution is -2.52. The fraction of sp³-hybridized carbons (Fsp3) is 0.269. The van der Waals surface area contributed by atoms with Gasteiger partial charge in [-0.1, -0.05) is 18.2 Å². The van der Waals surface area contributed by atoms with Crippen molar-refractivity contribution in [2.45, 2.75) is 13.0 Å². The quantitative estimate of drug-likeness (QED) is 0.601. The number of methoxy groups -OCH3 is 2. The maximum Gasteiger partial charge on any atom is 0.257 e. The van der Waals surface area contributed by atoms with E-state index in [0.717, 1.165) is 17.0 Å². The van der Waals surface area contributed by atoms with E-state index in [0.29, 0.717) is 36.8 Å². The maximum atomic E-state index is 13.6. The van der Waals surface area contributed by atoms with Gasteiger partial charge in [-0.25, -0.2) is 4.98 Å². The molecule has 0 spiro atoms. The first-order valence-corrected chi connectivity index (χ1v) is 11.1. The molecule has 1 saturated heterocycles. The highest BCUT2D eigenvalue weighted by molar-refractivity contribution is 5.99. The molecule has 0 saturated carbocycles. The largest absolute Gasteiger partial charge is 0.497 e.